The van der Waals surface area contributed by atoms with Gasteiger partial charge in [0.2, 0.25) is 5.91 Å². The van der Waals surface area contributed by atoms with Gasteiger partial charge in [0.05, 0.1) is 16.5 Å². The first kappa shape index (κ1) is 18.6. The Balaban J connectivity index is 2.17. The van der Waals surface area contributed by atoms with Crippen LogP contribution >= 0.6 is 23.4 Å². The molecular formula is C17H20ClN3O2S. The maximum absolute atomic E-state index is 12.6. The highest BCUT2D eigenvalue weighted by Gasteiger charge is 2.34. The summed E-state index contributed by atoms with van der Waals surface area (Å²) in [5.41, 5.74) is 0.411. The van der Waals surface area contributed by atoms with E-state index in [0.717, 1.165) is 29.1 Å². The van der Waals surface area contributed by atoms with Crippen LogP contribution in [-0.4, -0.2) is 36.1 Å². The largest absolute Gasteiger partial charge is 0.348 e. The summed E-state index contributed by atoms with van der Waals surface area (Å²) in [5, 5.41) is 12.3. The van der Waals surface area contributed by atoms with Crippen molar-refractivity contribution in [3.8, 4) is 6.19 Å². The maximum Gasteiger partial charge on any atom is 0.253 e. The normalized spacial score (nSPS) is 20.1. The number of rotatable bonds is 4. The van der Waals surface area contributed by atoms with Crippen molar-refractivity contribution in [1.82, 2.24) is 10.2 Å². The SMILES string of the molecule is CSc1ccc(Cl)c(C(=O)N[C@@H]2CCCC[C@@H]2C(=O)N(C)C#N)c1. The van der Waals surface area contributed by atoms with E-state index < -0.39 is 0 Å². The highest BCUT2D eigenvalue weighted by Crippen LogP contribution is 2.28. The standard InChI is InChI=1S/C17H20ClN3O2S/c1-21(10-19)17(23)12-5-3-4-6-15(12)20-16(22)13-9-11(24-2)7-8-14(13)18/h7-9,12,15H,3-6H2,1-2H3,(H,20,22)/t12-,15+/m0/s1. The summed E-state index contributed by atoms with van der Waals surface area (Å²) in [4.78, 5) is 26.9. The first-order valence-electron chi connectivity index (χ1n) is 7.79. The summed E-state index contributed by atoms with van der Waals surface area (Å²) in [6.07, 6.45) is 7.04. The number of hydrogen-bond acceptors (Lipinski definition) is 4. The van der Waals surface area contributed by atoms with Gasteiger partial charge in [-0.2, -0.15) is 5.26 Å². The Morgan fingerprint density at radius 1 is 1.38 bits per heavy atom. The molecule has 0 saturated heterocycles. The molecular weight excluding hydrogens is 346 g/mol. The van der Waals surface area contributed by atoms with E-state index in [4.69, 9.17) is 16.9 Å². The van der Waals surface area contributed by atoms with E-state index in [1.807, 2.05) is 18.5 Å². The molecule has 128 valence electrons. The highest BCUT2D eigenvalue weighted by molar-refractivity contribution is 7.98. The van der Waals surface area contributed by atoms with Crippen molar-refractivity contribution in [2.45, 2.75) is 36.6 Å². The highest BCUT2D eigenvalue weighted by atomic mass is 35.5. The van der Waals surface area contributed by atoms with Crippen LogP contribution in [0.15, 0.2) is 23.1 Å². The van der Waals surface area contributed by atoms with Crippen molar-refractivity contribution in [2.24, 2.45) is 5.92 Å². The number of halogens is 1. The zero-order valence-electron chi connectivity index (χ0n) is 13.7. The Bertz CT molecular complexity index is 674. The molecule has 1 aliphatic rings. The van der Waals surface area contributed by atoms with Gasteiger partial charge < -0.3 is 5.32 Å². The van der Waals surface area contributed by atoms with Gasteiger partial charge in [-0.3, -0.25) is 14.5 Å². The lowest BCUT2D eigenvalue weighted by atomic mass is 9.83. The quantitative estimate of drug-likeness (QED) is 0.504. The lowest BCUT2D eigenvalue weighted by Crippen LogP contribution is -2.48. The van der Waals surface area contributed by atoms with E-state index >= 15 is 0 Å². The molecule has 0 radical (unpaired) electrons. The molecule has 1 aromatic carbocycles. The Kier molecular flexibility index (Phi) is 6.52. The minimum atomic E-state index is -0.366. The van der Waals surface area contributed by atoms with Crippen molar-refractivity contribution in [3.63, 3.8) is 0 Å². The minimum absolute atomic E-state index is 0.244. The van der Waals surface area contributed by atoms with Crippen LogP contribution in [-0.2, 0) is 4.79 Å². The summed E-state index contributed by atoms with van der Waals surface area (Å²) >= 11 is 7.68. The van der Waals surface area contributed by atoms with Crippen LogP contribution in [0.1, 0.15) is 36.0 Å². The van der Waals surface area contributed by atoms with Crippen LogP contribution in [0.3, 0.4) is 0 Å². The van der Waals surface area contributed by atoms with E-state index in [1.54, 1.807) is 12.1 Å². The number of thioether (sulfide) groups is 1. The average Bonchev–Trinajstić information content (AvgIpc) is 2.61. The van der Waals surface area contributed by atoms with Crippen molar-refractivity contribution >= 4 is 35.2 Å². The third-order valence-corrected chi connectivity index (χ3v) is 5.35. The maximum atomic E-state index is 12.6. The van der Waals surface area contributed by atoms with E-state index in [9.17, 15) is 9.59 Å². The number of benzene rings is 1. The zero-order valence-corrected chi connectivity index (χ0v) is 15.3. The number of carbonyl (C=O) groups excluding carboxylic acids is 2. The predicted octanol–water partition coefficient (Wildman–Crippen LogP) is 3.29. The Hall–Kier alpha value is -1.71. The number of carbonyl (C=O) groups is 2. The lowest BCUT2D eigenvalue weighted by Gasteiger charge is -2.32. The van der Waals surface area contributed by atoms with Gasteiger partial charge in [-0.15, -0.1) is 11.8 Å². The van der Waals surface area contributed by atoms with Crippen molar-refractivity contribution in [2.75, 3.05) is 13.3 Å². The molecule has 1 saturated carbocycles. The summed E-state index contributed by atoms with van der Waals surface area (Å²) in [6, 6.07) is 5.04. The van der Waals surface area contributed by atoms with Gasteiger partial charge in [0.25, 0.3) is 5.91 Å². The topological polar surface area (TPSA) is 73.2 Å². The molecule has 0 aromatic heterocycles. The van der Waals surface area contributed by atoms with Gasteiger partial charge in [-0.25, -0.2) is 0 Å². The van der Waals surface area contributed by atoms with E-state index in [1.165, 1.54) is 18.8 Å². The molecule has 2 rings (SSSR count). The fraction of sp³-hybridized carbons (Fsp3) is 0.471. The van der Waals surface area contributed by atoms with Crippen LogP contribution in [0.5, 0.6) is 0 Å². The van der Waals surface area contributed by atoms with Crippen LogP contribution in [0, 0.1) is 17.4 Å². The predicted molar refractivity (Wildman–Crippen MR) is 94.8 cm³/mol. The number of nitriles is 1. The van der Waals surface area contributed by atoms with Gasteiger partial charge in [0, 0.05) is 18.0 Å². The fourth-order valence-corrected chi connectivity index (χ4v) is 3.59. The number of amides is 2. The molecule has 0 heterocycles. The molecule has 2 amide bonds. The summed E-state index contributed by atoms with van der Waals surface area (Å²) in [5.74, 6) is -0.887. The van der Waals surface area contributed by atoms with Gasteiger partial charge in [-0.1, -0.05) is 24.4 Å². The molecule has 24 heavy (non-hydrogen) atoms. The smallest absolute Gasteiger partial charge is 0.253 e. The molecule has 5 nitrogen and oxygen atoms in total. The molecule has 0 unspecified atom stereocenters. The Morgan fingerprint density at radius 2 is 2.08 bits per heavy atom. The average molecular weight is 366 g/mol. The molecule has 0 aliphatic heterocycles. The van der Waals surface area contributed by atoms with Crippen LogP contribution < -0.4 is 5.32 Å². The van der Waals surface area contributed by atoms with Gasteiger partial charge >= 0.3 is 0 Å². The number of nitrogens with one attached hydrogen (secondary N) is 1. The van der Waals surface area contributed by atoms with Gasteiger partial charge in [0.15, 0.2) is 6.19 Å². The summed E-state index contributed by atoms with van der Waals surface area (Å²) in [7, 11) is 1.45. The number of hydrogen-bond donors (Lipinski definition) is 1. The Labute approximate surface area is 151 Å². The van der Waals surface area contributed by atoms with Crippen LogP contribution in [0.2, 0.25) is 5.02 Å². The van der Waals surface area contributed by atoms with E-state index in [-0.39, 0.29) is 23.8 Å². The number of nitrogens with zero attached hydrogens (tertiary/aromatic N) is 2. The molecule has 1 aromatic rings. The summed E-state index contributed by atoms with van der Waals surface area (Å²) < 4.78 is 0. The third-order valence-electron chi connectivity index (χ3n) is 4.30. The fourth-order valence-electron chi connectivity index (χ4n) is 2.95. The van der Waals surface area contributed by atoms with Crippen molar-refractivity contribution < 1.29 is 9.59 Å². The van der Waals surface area contributed by atoms with Crippen LogP contribution in [0.25, 0.3) is 0 Å². The van der Waals surface area contributed by atoms with E-state index in [2.05, 4.69) is 5.32 Å². The lowest BCUT2D eigenvalue weighted by molar-refractivity contribution is -0.133. The van der Waals surface area contributed by atoms with Crippen molar-refractivity contribution in [1.29, 1.82) is 5.26 Å². The monoisotopic (exact) mass is 365 g/mol. The molecule has 2 atom stereocenters. The van der Waals surface area contributed by atoms with Gasteiger partial charge in [-0.05, 0) is 37.3 Å². The molecule has 1 N–H and O–H groups in total. The molecule has 0 bridgehead atoms. The second-order valence-corrected chi connectivity index (χ2v) is 7.10. The second-order valence-electron chi connectivity index (χ2n) is 5.81. The van der Waals surface area contributed by atoms with Crippen molar-refractivity contribution in [3.05, 3.63) is 28.8 Å². The molecule has 1 fully saturated rings. The Morgan fingerprint density at radius 3 is 2.75 bits per heavy atom. The summed E-state index contributed by atoms with van der Waals surface area (Å²) in [6.45, 7) is 0. The minimum Gasteiger partial charge on any atom is -0.348 e. The first-order chi connectivity index (χ1) is 11.5. The molecule has 7 heteroatoms. The first-order valence-corrected chi connectivity index (χ1v) is 9.40. The van der Waals surface area contributed by atoms with E-state index in [0.29, 0.717) is 17.0 Å². The zero-order chi connectivity index (χ0) is 17.7. The second kappa shape index (κ2) is 8.41. The van der Waals surface area contributed by atoms with Gasteiger partial charge in [0.1, 0.15) is 0 Å². The molecule has 0 spiro atoms. The van der Waals surface area contributed by atoms with Crippen LogP contribution in [0.4, 0.5) is 0 Å². The molecule has 1 aliphatic carbocycles. The third kappa shape index (κ3) is 4.22.